The van der Waals surface area contributed by atoms with Gasteiger partial charge in [-0.05, 0) is 49.4 Å². The number of hydrogen-bond donors (Lipinski definition) is 3. The zero-order valence-corrected chi connectivity index (χ0v) is 19.4. The van der Waals surface area contributed by atoms with Crippen molar-refractivity contribution in [2.24, 2.45) is 4.99 Å². The van der Waals surface area contributed by atoms with Crippen LogP contribution in [0.3, 0.4) is 0 Å². The molecule has 2 aromatic carbocycles. The van der Waals surface area contributed by atoms with Crippen LogP contribution in [0.15, 0.2) is 53.5 Å². The summed E-state index contributed by atoms with van der Waals surface area (Å²) >= 11 is 0. The molecule has 0 saturated heterocycles. The standard InChI is InChI=1S/C25H31N5O3/c1-27-24(29-17-26)30-20-11-13-25(14-12-20,19-7-5-4-6-8-19)16-28-23(31)18-9-10-21(32-2)22(15-18)33-3/h4-10,15,20H,11-14,16H2,1-3H3,(H,28,31)(H2,27,29,30)/t20-,25-. The van der Waals surface area contributed by atoms with Gasteiger partial charge in [0.05, 0.1) is 14.2 Å². The first-order valence-electron chi connectivity index (χ1n) is 11.0. The summed E-state index contributed by atoms with van der Waals surface area (Å²) in [5, 5.41) is 18.2. The molecule has 0 unspecified atom stereocenters. The van der Waals surface area contributed by atoms with Crippen molar-refractivity contribution in [3.05, 3.63) is 59.7 Å². The Kier molecular flexibility index (Phi) is 8.14. The lowest BCUT2D eigenvalue weighted by atomic mass is 9.68. The number of carbonyl (C=O) groups is 1. The maximum Gasteiger partial charge on any atom is 0.251 e. The zero-order chi connectivity index (χ0) is 23.7. The van der Waals surface area contributed by atoms with Crippen molar-refractivity contribution >= 4 is 11.9 Å². The van der Waals surface area contributed by atoms with Crippen molar-refractivity contribution in [2.45, 2.75) is 37.1 Å². The molecule has 3 N–H and O–H groups in total. The summed E-state index contributed by atoms with van der Waals surface area (Å²) in [5.41, 5.74) is 1.57. The molecule has 1 fully saturated rings. The Morgan fingerprint density at radius 3 is 2.42 bits per heavy atom. The van der Waals surface area contributed by atoms with Gasteiger partial charge in [0.1, 0.15) is 0 Å². The molecular formula is C25H31N5O3. The Morgan fingerprint density at radius 2 is 1.82 bits per heavy atom. The van der Waals surface area contributed by atoms with Crippen molar-refractivity contribution in [1.29, 1.82) is 5.26 Å². The van der Waals surface area contributed by atoms with Crippen molar-refractivity contribution in [2.75, 3.05) is 27.8 Å². The first kappa shape index (κ1) is 23.9. The topological polar surface area (TPSA) is 108 Å². The number of nitriles is 1. The number of aliphatic imine (C=N–C) groups is 1. The minimum absolute atomic E-state index is 0.148. The molecule has 0 atom stereocenters. The zero-order valence-electron chi connectivity index (χ0n) is 19.4. The molecule has 2 aromatic rings. The third-order valence-electron chi connectivity index (χ3n) is 6.30. The number of nitrogens with zero attached hydrogens (tertiary/aromatic N) is 2. The van der Waals surface area contributed by atoms with Crippen molar-refractivity contribution < 1.29 is 14.3 Å². The molecule has 8 nitrogen and oxygen atoms in total. The number of ether oxygens (including phenoxy) is 2. The first-order chi connectivity index (χ1) is 16.0. The fraction of sp³-hybridized carbons (Fsp3) is 0.400. The Balaban J connectivity index is 1.73. The molecule has 1 aliphatic carbocycles. The molecule has 0 aliphatic heterocycles. The van der Waals surface area contributed by atoms with Gasteiger partial charge >= 0.3 is 0 Å². The van der Waals surface area contributed by atoms with Crippen LogP contribution in [0, 0.1) is 11.5 Å². The van der Waals surface area contributed by atoms with E-state index in [-0.39, 0.29) is 17.4 Å². The van der Waals surface area contributed by atoms with E-state index in [1.54, 1.807) is 39.5 Å². The average Bonchev–Trinajstić information content (AvgIpc) is 2.88. The Bertz CT molecular complexity index is 1010. The number of methoxy groups -OCH3 is 2. The molecule has 3 rings (SSSR count). The first-order valence-corrected chi connectivity index (χ1v) is 11.0. The van der Waals surface area contributed by atoms with E-state index in [4.69, 9.17) is 14.7 Å². The van der Waals surface area contributed by atoms with E-state index in [1.807, 2.05) is 24.4 Å². The summed E-state index contributed by atoms with van der Waals surface area (Å²) in [7, 11) is 4.86. The van der Waals surface area contributed by atoms with E-state index in [0.29, 0.717) is 29.6 Å². The van der Waals surface area contributed by atoms with Gasteiger partial charge in [0.15, 0.2) is 11.5 Å². The predicted molar refractivity (Wildman–Crippen MR) is 127 cm³/mol. The second-order valence-electron chi connectivity index (χ2n) is 8.13. The highest BCUT2D eigenvalue weighted by atomic mass is 16.5. The number of guanidine groups is 1. The largest absolute Gasteiger partial charge is 0.493 e. The third kappa shape index (κ3) is 5.75. The molecule has 0 radical (unpaired) electrons. The second-order valence-corrected chi connectivity index (χ2v) is 8.13. The van der Waals surface area contributed by atoms with Crippen LogP contribution in [-0.4, -0.2) is 45.7 Å². The Morgan fingerprint density at radius 1 is 1.12 bits per heavy atom. The fourth-order valence-electron chi connectivity index (χ4n) is 4.41. The molecule has 1 saturated carbocycles. The predicted octanol–water partition coefficient (Wildman–Crippen LogP) is 2.96. The van der Waals surface area contributed by atoms with Gasteiger partial charge in [-0.1, -0.05) is 30.3 Å². The van der Waals surface area contributed by atoms with Crippen LogP contribution >= 0.6 is 0 Å². The lowest BCUT2D eigenvalue weighted by Crippen LogP contribution is -2.49. The molecule has 8 heteroatoms. The number of benzene rings is 2. The van der Waals surface area contributed by atoms with E-state index in [0.717, 1.165) is 25.7 Å². The van der Waals surface area contributed by atoms with E-state index in [1.165, 1.54) is 5.56 Å². The lowest BCUT2D eigenvalue weighted by molar-refractivity contribution is 0.0934. The lowest BCUT2D eigenvalue weighted by Gasteiger charge is -2.41. The smallest absolute Gasteiger partial charge is 0.251 e. The van der Waals surface area contributed by atoms with Crippen LogP contribution in [0.1, 0.15) is 41.6 Å². The summed E-state index contributed by atoms with van der Waals surface area (Å²) in [4.78, 5) is 16.7. The molecule has 0 aromatic heterocycles. The van der Waals surface area contributed by atoms with Crippen LogP contribution in [-0.2, 0) is 5.41 Å². The van der Waals surface area contributed by atoms with Gasteiger partial charge in [-0.15, -0.1) is 4.99 Å². The Labute approximate surface area is 195 Å². The SMILES string of the molecule is CN/C(=N\C#N)N[C@H]1CC[C@](CNC(=O)c2ccc(OC)c(OC)c2)(c2ccccc2)CC1. The molecule has 1 amide bonds. The van der Waals surface area contributed by atoms with E-state index in [9.17, 15) is 4.79 Å². The summed E-state index contributed by atoms with van der Waals surface area (Å²) in [6.07, 6.45) is 5.39. The van der Waals surface area contributed by atoms with E-state index >= 15 is 0 Å². The maximum atomic E-state index is 13.0. The van der Waals surface area contributed by atoms with Gasteiger partial charge in [0.2, 0.25) is 12.2 Å². The molecular weight excluding hydrogens is 418 g/mol. The molecule has 174 valence electrons. The average molecular weight is 450 g/mol. The summed E-state index contributed by atoms with van der Waals surface area (Å²) in [5.74, 6) is 1.44. The molecule has 0 heterocycles. The third-order valence-corrected chi connectivity index (χ3v) is 6.30. The van der Waals surface area contributed by atoms with Crippen LogP contribution in [0.25, 0.3) is 0 Å². The Hall–Kier alpha value is -3.73. The molecule has 1 aliphatic rings. The highest BCUT2D eigenvalue weighted by Crippen LogP contribution is 2.39. The van der Waals surface area contributed by atoms with Gasteiger partial charge in [0, 0.05) is 30.6 Å². The number of nitrogens with one attached hydrogen (secondary N) is 3. The second kappa shape index (κ2) is 11.2. The number of hydrogen-bond acceptors (Lipinski definition) is 5. The van der Waals surface area contributed by atoms with Crippen LogP contribution in [0.5, 0.6) is 11.5 Å². The fourth-order valence-corrected chi connectivity index (χ4v) is 4.41. The highest BCUT2D eigenvalue weighted by molar-refractivity contribution is 5.95. The monoisotopic (exact) mass is 449 g/mol. The molecule has 0 spiro atoms. The van der Waals surface area contributed by atoms with Gasteiger partial charge in [-0.25, -0.2) is 0 Å². The molecule has 0 bridgehead atoms. The van der Waals surface area contributed by atoms with Crippen molar-refractivity contribution in [3.63, 3.8) is 0 Å². The van der Waals surface area contributed by atoms with Gasteiger partial charge < -0.3 is 25.4 Å². The van der Waals surface area contributed by atoms with Gasteiger partial charge in [-0.2, -0.15) is 5.26 Å². The number of rotatable bonds is 7. The van der Waals surface area contributed by atoms with Gasteiger partial charge in [0.25, 0.3) is 5.91 Å². The summed E-state index contributed by atoms with van der Waals surface area (Å²) in [6.45, 7) is 0.530. The summed E-state index contributed by atoms with van der Waals surface area (Å²) < 4.78 is 10.6. The summed E-state index contributed by atoms with van der Waals surface area (Å²) in [6, 6.07) is 15.7. The maximum absolute atomic E-state index is 13.0. The minimum atomic E-state index is -0.169. The molecule has 33 heavy (non-hydrogen) atoms. The van der Waals surface area contributed by atoms with Gasteiger partial charge in [-0.3, -0.25) is 4.79 Å². The quantitative estimate of drug-likeness (QED) is 0.341. The van der Waals surface area contributed by atoms with Crippen molar-refractivity contribution in [1.82, 2.24) is 16.0 Å². The minimum Gasteiger partial charge on any atom is -0.493 e. The number of amides is 1. The van der Waals surface area contributed by atoms with Crippen molar-refractivity contribution in [3.8, 4) is 17.7 Å². The number of carbonyl (C=O) groups excluding carboxylic acids is 1. The van der Waals surface area contributed by atoms with Crippen LogP contribution < -0.4 is 25.4 Å². The van der Waals surface area contributed by atoms with Crippen LogP contribution in [0.2, 0.25) is 0 Å². The van der Waals surface area contributed by atoms with E-state index in [2.05, 4.69) is 33.1 Å². The highest BCUT2D eigenvalue weighted by Gasteiger charge is 2.37. The van der Waals surface area contributed by atoms with Crippen LogP contribution in [0.4, 0.5) is 0 Å². The normalized spacial score (nSPS) is 20.3. The van der Waals surface area contributed by atoms with E-state index < -0.39 is 0 Å².